The fourth-order valence-corrected chi connectivity index (χ4v) is 5.66. The first-order valence-corrected chi connectivity index (χ1v) is 11.9. The Labute approximate surface area is 221 Å². The number of primary amides is 1. The highest BCUT2D eigenvalue weighted by atomic mass is 16.5. The monoisotopic (exact) mass is 532 g/mol. The number of rotatable bonds is 4. The number of aliphatic hydroxyl groups excluding tert-OH is 1. The number of phenols is 1. The molecule has 2 aromatic carbocycles. The van der Waals surface area contributed by atoms with Crippen molar-refractivity contribution < 1.29 is 39.2 Å². The second-order valence-corrected chi connectivity index (χ2v) is 9.73. The lowest BCUT2D eigenvalue weighted by molar-refractivity contribution is -0.132. The van der Waals surface area contributed by atoms with Crippen molar-refractivity contribution >= 4 is 34.2 Å². The van der Waals surface area contributed by atoms with Gasteiger partial charge in [-0.05, 0) is 56.1 Å². The van der Waals surface area contributed by atoms with Gasteiger partial charge in [-0.15, -0.1) is 0 Å². The highest BCUT2D eigenvalue weighted by Crippen LogP contribution is 2.50. The zero-order valence-electron chi connectivity index (χ0n) is 21.1. The highest BCUT2D eigenvalue weighted by Gasteiger charge is 2.62. The van der Waals surface area contributed by atoms with Crippen LogP contribution in [0.5, 0.6) is 11.5 Å². The lowest BCUT2D eigenvalue weighted by Gasteiger charge is -2.47. The molecule has 0 aliphatic heterocycles. The summed E-state index contributed by atoms with van der Waals surface area (Å²) in [5.74, 6) is -7.45. The summed E-state index contributed by atoms with van der Waals surface area (Å²) < 4.78 is 5.47. The van der Waals surface area contributed by atoms with Gasteiger partial charge in [-0.2, -0.15) is 0 Å². The van der Waals surface area contributed by atoms with Gasteiger partial charge in [0.05, 0.1) is 17.0 Å². The summed E-state index contributed by atoms with van der Waals surface area (Å²) in [4.78, 5) is 61.1. The van der Waals surface area contributed by atoms with E-state index in [1.807, 2.05) is 0 Å². The van der Waals surface area contributed by atoms with Crippen LogP contribution in [0.3, 0.4) is 0 Å². The molecular weight excluding hydrogens is 508 g/mol. The van der Waals surface area contributed by atoms with E-state index in [4.69, 9.17) is 10.5 Å². The number of aliphatic hydroxyl groups is 2. The molecule has 12 nitrogen and oxygen atoms in total. The van der Waals surface area contributed by atoms with Crippen LogP contribution in [0.4, 0.5) is 0 Å². The van der Waals surface area contributed by atoms with Gasteiger partial charge in [0.15, 0.2) is 11.4 Å². The van der Waals surface area contributed by atoms with Crippen LogP contribution in [0.15, 0.2) is 48.0 Å². The number of esters is 1. The molecule has 12 heteroatoms. The molecule has 0 spiro atoms. The maximum absolute atomic E-state index is 14.0. The van der Waals surface area contributed by atoms with Crippen LogP contribution >= 0.6 is 0 Å². The summed E-state index contributed by atoms with van der Waals surface area (Å²) in [5.41, 5.74) is 2.27. The van der Waals surface area contributed by atoms with Gasteiger partial charge in [0, 0.05) is 18.3 Å². The zero-order valence-corrected chi connectivity index (χ0v) is 21.1. The van der Waals surface area contributed by atoms with Gasteiger partial charge in [0.2, 0.25) is 11.6 Å². The molecule has 1 heterocycles. The van der Waals surface area contributed by atoms with Crippen molar-refractivity contribution in [3.8, 4) is 11.5 Å². The predicted octanol–water partition coefficient (Wildman–Crippen LogP) is 0.759. The topological polar surface area (TPSA) is 193 Å². The number of nitrogens with two attached hydrogens (primary N) is 1. The molecule has 0 unspecified atom stereocenters. The van der Waals surface area contributed by atoms with Crippen LogP contribution < -0.4 is 10.5 Å². The molecule has 0 saturated heterocycles. The average molecular weight is 533 g/mol. The molecule has 0 bridgehead atoms. The third kappa shape index (κ3) is 3.60. The van der Waals surface area contributed by atoms with Crippen LogP contribution in [0.25, 0.3) is 10.8 Å². The standard InChI is InChI=1S/C27H24N4O8/c1-11-12-6-4-7-15(39-26(37)25-29-8-5-9-30-25)16(12)20(32)17-13(11)10-14-19(31(2)3)21(33)18(24(28)36)23(35)27(14,38)22(17)34/h4-9,14,19,32,35,38H,10H2,1-3H3,(H2,28,36)/t14-,19-,27-/m0/s1. The quantitative estimate of drug-likeness (QED) is 0.210. The molecular formula is C27H24N4O8. The number of fused-ring (bicyclic) bond motifs is 3. The van der Waals surface area contributed by atoms with E-state index >= 15 is 0 Å². The number of aromatic nitrogens is 2. The number of carbonyl (C=O) groups is 4. The summed E-state index contributed by atoms with van der Waals surface area (Å²) in [6, 6.07) is 5.00. The molecule has 0 saturated carbocycles. The summed E-state index contributed by atoms with van der Waals surface area (Å²) in [6.07, 6.45) is 2.60. The molecule has 39 heavy (non-hydrogen) atoms. The number of hydrogen-bond donors (Lipinski definition) is 4. The number of phenolic OH excluding ortho intramolecular Hbond substituents is 1. The molecule has 3 atom stereocenters. The Morgan fingerprint density at radius 3 is 2.41 bits per heavy atom. The smallest absolute Gasteiger partial charge is 0.381 e. The van der Waals surface area contributed by atoms with E-state index in [1.54, 1.807) is 19.1 Å². The number of aromatic hydroxyl groups is 1. The Morgan fingerprint density at radius 1 is 1.13 bits per heavy atom. The van der Waals surface area contributed by atoms with E-state index in [0.29, 0.717) is 16.5 Å². The summed E-state index contributed by atoms with van der Waals surface area (Å²) in [6.45, 7) is 1.68. The average Bonchev–Trinajstić information content (AvgIpc) is 2.89. The molecule has 1 aromatic heterocycles. The number of carbonyl (C=O) groups excluding carboxylic acids is 4. The van der Waals surface area contributed by atoms with Gasteiger partial charge in [-0.3, -0.25) is 19.3 Å². The van der Waals surface area contributed by atoms with Crippen molar-refractivity contribution in [2.75, 3.05) is 14.1 Å². The van der Waals surface area contributed by atoms with Crippen molar-refractivity contribution in [3.05, 3.63) is 70.5 Å². The number of likely N-dealkylation sites (N-methyl/N-ethyl adjacent to an activating group) is 1. The summed E-state index contributed by atoms with van der Waals surface area (Å²) in [5, 5.41) is 34.5. The number of ketones is 2. The number of Topliss-reactive ketones (excluding diaryl/α,β-unsaturated/α-hetero) is 2. The summed E-state index contributed by atoms with van der Waals surface area (Å²) in [7, 11) is 3.07. The number of benzene rings is 2. The number of hydrogen-bond acceptors (Lipinski definition) is 11. The van der Waals surface area contributed by atoms with Crippen LogP contribution in [0.1, 0.15) is 32.1 Å². The number of ether oxygens (including phenoxy) is 1. The maximum Gasteiger partial charge on any atom is 0.381 e. The van der Waals surface area contributed by atoms with Crippen molar-refractivity contribution in [3.63, 3.8) is 0 Å². The van der Waals surface area contributed by atoms with Crippen molar-refractivity contribution in [2.45, 2.75) is 25.0 Å². The van der Waals surface area contributed by atoms with Crippen LogP contribution in [-0.2, 0) is 16.0 Å². The van der Waals surface area contributed by atoms with Crippen molar-refractivity contribution in [1.82, 2.24) is 14.9 Å². The van der Waals surface area contributed by atoms with E-state index in [9.17, 15) is 34.5 Å². The Bertz CT molecular complexity index is 1630. The number of amides is 1. The molecule has 200 valence electrons. The molecule has 1 amide bonds. The van der Waals surface area contributed by atoms with Crippen molar-refractivity contribution in [1.29, 1.82) is 0 Å². The number of nitrogens with zero attached hydrogens (tertiary/aromatic N) is 3. The Kier molecular flexibility index (Phi) is 5.96. The second kappa shape index (κ2) is 8.96. The van der Waals surface area contributed by atoms with Gasteiger partial charge in [-0.1, -0.05) is 12.1 Å². The van der Waals surface area contributed by atoms with E-state index < -0.39 is 58.1 Å². The van der Waals surface area contributed by atoms with E-state index in [0.717, 1.165) is 0 Å². The number of aryl methyl sites for hydroxylation is 1. The van der Waals surface area contributed by atoms with Gasteiger partial charge in [0.25, 0.3) is 5.91 Å². The van der Waals surface area contributed by atoms with Gasteiger partial charge in [0.1, 0.15) is 22.8 Å². The van der Waals surface area contributed by atoms with E-state index in [-0.39, 0.29) is 28.9 Å². The molecule has 2 aliphatic rings. The van der Waals surface area contributed by atoms with Crippen LogP contribution in [0, 0.1) is 12.8 Å². The predicted molar refractivity (Wildman–Crippen MR) is 135 cm³/mol. The first-order valence-electron chi connectivity index (χ1n) is 11.9. The molecule has 0 radical (unpaired) electrons. The van der Waals surface area contributed by atoms with Crippen LogP contribution in [-0.4, -0.2) is 79.4 Å². The largest absolute Gasteiger partial charge is 0.508 e. The van der Waals surface area contributed by atoms with E-state index in [1.165, 1.54) is 43.5 Å². The minimum absolute atomic E-state index is 0.00284. The lowest BCUT2D eigenvalue weighted by Crippen LogP contribution is -2.64. The minimum atomic E-state index is -2.73. The van der Waals surface area contributed by atoms with Gasteiger partial charge < -0.3 is 25.8 Å². The zero-order chi connectivity index (χ0) is 28.4. The molecule has 5 N–H and O–H groups in total. The van der Waals surface area contributed by atoms with Crippen molar-refractivity contribution in [2.24, 2.45) is 11.7 Å². The second-order valence-electron chi connectivity index (χ2n) is 9.73. The minimum Gasteiger partial charge on any atom is -0.508 e. The fraction of sp³-hybridized carbons (Fsp3) is 0.259. The molecule has 2 aliphatic carbocycles. The summed E-state index contributed by atoms with van der Waals surface area (Å²) >= 11 is 0. The Hall–Kier alpha value is -4.68. The fourth-order valence-electron chi connectivity index (χ4n) is 5.66. The van der Waals surface area contributed by atoms with E-state index in [2.05, 4.69) is 9.97 Å². The normalized spacial score (nSPS) is 22.6. The Morgan fingerprint density at radius 2 is 1.79 bits per heavy atom. The maximum atomic E-state index is 14.0. The first-order chi connectivity index (χ1) is 18.4. The lowest BCUT2D eigenvalue weighted by atomic mass is 9.61. The third-order valence-electron chi connectivity index (χ3n) is 7.44. The first kappa shape index (κ1) is 25.9. The molecule has 3 aromatic rings. The van der Waals surface area contributed by atoms with Crippen LogP contribution in [0.2, 0.25) is 0 Å². The Balaban J connectivity index is 1.75. The van der Waals surface area contributed by atoms with Gasteiger partial charge in [-0.25, -0.2) is 14.8 Å². The third-order valence-corrected chi connectivity index (χ3v) is 7.44. The SMILES string of the molecule is Cc1c2c(c(O)c3c(OC(=O)c4ncccn4)cccc13)C(=O)[C@]1(O)C(O)=C(C(N)=O)C(=O)[C@@H](N(C)C)[C@@H]1C2. The molecule has 5 rings (SSSR count). The molecule has 0 fully saturated rings. The highest BCUT2D eigenvalue weighted by molar-refractivity contribution is 6.25. The van der Waals surface area contributed by atoms with Gasteiger partial charge >= 0.3 is 5.97 Å².